The summed E-state index contributed by atoms with van der Waals surface area (Å²) in [6.45, 7) is 4.01. The Morgan fingerprint density at radius 1 is 0.886 bits per heavy atom. The fourth-order valence-corrected chi connectivity index (χ4v) is 5.65. The van der Waals surface area contributed by atoms with Crippen LogP contribution in [-0.4, -0.2) is 16.8 Å². The number of aryl methyl sites for hydroxylation is 1. The summed E-state index contributed by atoms with van der Waals surface area (Å²) in [5, 5.41) is 1.95. The standard InChI is InChI=1S/C29H27NO3S2/c1-3-33-29(31)27(26(22-11-6-4-7-12-22)23-13-8-5-9-14-23)28(25-15-10-20-34-25)30-35(32)24-18-16-21(2)17-19-24/h4-20,28,30H,3H2,1-2H3/t28-,35?/m0/s1. The van der Waals surface area contributed by atoms with Crippen LogP contribution < -0.4 is 4.72 Å². The summed E-state index contributed by atoms with van der Waals surface area (Å²) >= 11 is 1.50. The quantitative estimate of drug-likeness (QED) is 0.211. The first kappa shape index (κ1) is 24.8. The Labute approximate surface area is 212 Å². The van der Waals surface area contributed by atoms with Gasteiger partial charge in [-0.25, -0.2) is 13.7 Å². The Balaban J connectivity index is 1.94. The Morgan fingerprint density at radius 3 is 2.00 bits per heavy atom. The highest BCUT2D eigenvalue weighted by Gasteiger charge is 2.31. The Kier molecular flexibility index (Phi) is 8.42. The molecule has 0 saturated heterocycles. The maximum atomic E-state index is 13.6. The normalized spacial score (nSPS) is 12.5. The molecule has 0 saturated carbocycles. The molecule has 1 N–H and O–H groups in total. The van der Waals surface area contributed by atoms with E-state index in [0.29, 0.717) is 10.5 Å². The van der Waals surface area contributed by atoms with Crippen molar-refractivity contribution in [1.29, 1.82) is 0 Å². The number of carbonyl (C=O) groups excluding carboxylic acids is 1. The van der Waals surface area contributed by atoms with Gasteiger partial charge in [0.25, 0.3) is 0 Å². The number of benzene rings is 3. The third-order valence-electron chi connectivity index (χ3n) is 5.47. The van der Waals surface area contributed by atoms with Gasteiger partial charge in [-0.1, -0.05) is 84.4 Å². The molecule has 3 aromatic carbocycles. The van der Waals surface area contributed by atoms with Gasteiger partial charge in [0.15, 0.2) is 0 Å². The van der Waals surface area contributed by atoms with Crippen molar-refractivity contribution in [2.45, 2.75) is 24.8 Å². The Morgan fingerprint density at radius 2 is 1.49 bits per heavy atom. The van der Waals surface area contributed by atoms with E-state index in [0.717, 1.165) is 27.1 Å². The molecule has 178 valence electrons. The van der Waals surface area contributed by atoms with E-state index in [1.807, 2.05) is 109 Å². The number of ether oxygens (including phenoxy) is 1. The third-order valence-corrected chi connectivity index (χ3v) is 7.55. The van der Waals surface area contributed by atoms with Crippen molar-refractivity contribution in [1.82, 2.24) is 4.72 Å². The molecule has 2 atom stereocenters. The largest absolute Gasteiger partial charge is 0.463 e. The first-order valence-electron chi connectivity index (χ1n) is 11.4. The molecular formula is C29H27NO3S2. The molecule has 35 heavy (non-hydrogen) atoms. The van der Waals surface area contributed by atoms with Crippen molar-refractivity contribution in [2.75, 3.05) is 6.61 Å². The molecule has 0 spiro atoms. The first-order chi connectivity index (χ1) is 17.1. The number of thiophene rings is 1. The van der Waals surface area contributed by atoms with Gasteiger partial charge in [-0.05, 0) is 48.6 Å². The van der Waals surface area contributed by atoms with Gasteiger partial charge in [-0.3, -0.25) is 0 Å². The van der Waals surface area contributed by atoms with E-state index in [-0.39, 0.29) is 6.61 Å². The van der Waals surface area contributed by atoms with E-state index in [1.165, 1.54) is 11.3 Å². The number of hydrogen-bond acceptors (Lipinski definition) is 4. The van der Waals surface area contributed by atoms with E-state index < -0.39 is 23.0 Å². The minimum absolute atomic E-state index is 0.234. The summed E-state index contributed by atoms with van der Waals surface area (Å²) in [6, 6.07) is 30.3. The predicted octanol–water partition coefficient (Wildman–Crippen LogP) is 6.48. The summed E-state index contributed by atoms with van der Waals surface area (Å²) in [5.74, 6) is -0.443. The highest BCUT2D eigenvalue weighted by atomic mass is 32.2. The van der Waals surface area contributed by atoms with Crippen LogP contribution in [0.5, 0.6) is 0 Å². The number of nitrogens with one attached hydrogen (secondary N) is 1. The van der Waals surface area contributed by atoms with Crippen molar-refractivity contribution < 1.29 is 13.7 Å². The Bertz CT molecular complexity index is 1260. The smallest absolute Gasteiger partial charge is 0.336 e. The van der Waals surface area contributed by atoms with Gasteiger partial charge in [0.1, 0.15) is 11.0 Å². The van der Waals surface area contributed by atoms with Crippen LogP contribution >= 0.6 is 11.3 Å². The number of carbonyl (C=O) groups is 1. The van der Waals surface area contributed by atoms with Crippen LogP contribution in [0.3, 0.4) is 0 Å². The van der Waals surface area contributed by atoms with Gasteiger partial charge in [-0.2, -0.15) is 0 Å². The van der Waals surface area contributed by atoms with Crippen LogP contribution in [0.25, 0.3) is 5.57 Å². The van der Waals surface area contributed by atoms with Crippen molar-refractivity contribution >= 4 is 33.9 Å². The molecule has 0 aliphatic rings. The highest BCUT2D eigenvalue weighted by Crippen LogP contribution is 2.37. The van der Waals surface area contributed by atoms with Crippen LogP contribution in [-0.2, 0) is 20.5 Å². The highest BCUT2D eigenvalue weighted by molar-refractivity contribution is 7.83. The van der Waals surface area contributed by atoms with Crippen molar-refractivity contribution in [3.8, 4) is 0 Å². The van der Waals surface area contributed by atoms with Gasteiger partial charge in [0.05, 0.1) is 23.1 Å². The third kappa shape index (κ3) is 6.03. The van der Waals surface area contributed by atoms with Crippen LogP contribution in [0, 0.1) is 6.92 Å². The van der Waals surface area contributed by atoms with E-state index in [2.05, 4.69) is 4.72 Å². The van der Waals surface area contributed by atoms with Gasteiger partial charge < -0.3 is 4.74 Å². The molecule has 4 nitrogen and oxygen atoms in total. The number of hydrogen-bond donors (Lipinski definition) is 1. The molecule has 0 bridgehead atoms. The zero-order valence-electron chi connectivity index (χ0n) is 19.6. The van der Waals surface area contributed by atoms with Crippen LogP contribution in [0.2, 0.25) is 0 Å². The van der Waals surface area contributed by atoms with Crippen molar-refractivity contribution in [3.63, 3.8) is 0 Å². The minimum atomic E-state index is -1.56. The van der Waals surface area contributed by atoms with Crippen LogP contribution in [0.15, 0.2) is 113 Å². The fraction of sp³-hybridized carbons (Fsp3) is 0.138. The molecule has 1 unspecified atom stereocenters. The number of rotatable bonds is 9. The van der Waals surface area contributed by atoms with Crippen LogP contribution in [0.1, 0.15) is 34.5 Å². The van der Waals surface area contributed by atoms with Crippen molar-refractivity contribution in [2.24, 2.45) is 0 Å². The lowest BCUT2D eigenvalue weighted by Gasteiger charge is -2.24. The van der Waals surface area contributed by atoms with Gasteiger partial charge >= 0.3 is 5.97 Å². The van der Waals surface area contributed by atoms with E-state index >= 15 is 0 Å². The van der Waals surface area contributed by atoms with E-state index in [4.69, 9.17) is 4.74 Å². The molecule has 0 aliphatic carbocycles. The zero-order chi connectivity index (χ0) is 24.6. The van der Waals surface area contributed by atoms with Gasteiger partial charge in [-0.15, -0.1) is 11.3 Å². The lowest BCUT2D eigenvalue weighted by molar-refractivity contribution is -0.138. The molecule has 0 aliphatic heterocycles. The summed E-state index contributed by atoms with van der Waals surface area (Å²) < 4.78 is 22.3. The second-order valence-corrected chi connectivity index (χ2v) is 10.1. The van der Waals surface area contributed by atoms with Gasteiger partial charge in [0, 0.05) is 10.5 Å². The summed E-state index contributed by atoms with van der Waals surface area (Å²) in [6.07, 6.45) is 0. The first-order valence-corrected chi connectivity index (χ1v) is 13.4. The lowest BCUT2D eigenvalue weighted by atomic mass is 9.89. The maximum Gasteiger partial charge on any atom is 0.336 e. The summed E-state index contributed by atoms with van der Waals surface area (Å²) in [7, 11) is -1.56. The minimum Gasteiger partial charge on any atom is -0.463 e. The van der Waals surface area contributed by atoms with Crippen molar-refractivity contribution in [3.05, 3.63) is 130 Å². The van der Waals surface area contributed by atoms with E-state index in [9.17, 15) is 9.00 Å². The SMILES string of the molecule is CCOC(=O)C(=C(c1ccccc1)c1ccccc1)[C@@H](NS(=O)c1ccc(C)cc1)c1cccs1. The second-order valence-electron chi connectivity index (χ2n) is 7.89. The molecule has 1 aromatic heterocycles. The van der Waals surface area contributed by atoms with Crippen LogP contribution in [0.4, 0.5) is 0 Å². The lowest BCUT2D eigenvalue weighted by Crippen LogP contribution is -2.29. The summed E-state index contributed by atoms with van der Waals surface area (Å²) in [5.41, 5.74) is 4.02. The number of esters is 1. The Hall–Kier alpha value is -3.32. The molecule has 1 heterocycles. The molecule has 0 amide bonds. The van der Waals surface area contributed by atoms with Gasteiger partial charge in [0.2, 0.25) is 0 Å². The molecule has 4 rings (SSSR count). The molecule has 4 aromatic rings. The predicted molar refractivity (Wildman–Crippen MR) is 143 cm³/mol. The maximum absolute atomic E-state index is 13.6. The topological polar surface area (TPSA) is 55.4 Å². The van der Waals surface area contributed by atoms with E-state index in [1.54, 1.807) is 6.92 Å². The average molecular weight is 502 g/mol. The molecule has 6 heteroatoms. The molecular weight excluding hydrogens is 474 g/mol. The fourth-order valence-electron chi connectivity index (χ4n) is 3.81. The monoisotopic (exact) mass is 501 g/mol. The average Bonchev–Trinajstić information content (AvgIpc) is 3.42. The second kappa shape index (κ2) is 11.9. The summed E-state index contributed by atoms with van der Waals surface area (Å²) in [4.78, 5) is 15.1. The molecule has 0 fully saturated rings. The zero-order valence-corrected chi connectivity index (χ0v) is 21.3. The molecule has 0 radical (unpaired) electrons.